The highest BCUT2D eigenvalue weighted by Gasteiger charge is 2.45. The van der Waals surface area contributed by atoms with E-state index in [1.54, 1.807) is 24.3 Å². The van der Waals surface area contributed by atoms with Crippen molar-refractivity contribution in [1.29, 1.82) is 0 Å². The first-order chi connectivity index (χ1) is 10.9. The Hall–Kier alpha value is -2.21. The molecule has 2 N–H and O–H groups in total. The lowest BCUT2D eigenvalue weighted by Crippen LogP contribution is -2.57. The van der Waals surface area contributed by atoms with Crippen LogP contribution in [0.2, 0.25) is 0 Å². The maximum Gasteiger partial charge on any atom is 0.251 e. The molecule has 6 heteroatoms. The van der Waals surface area contributed by atoms with E-state index in [1.165, 1.54) is 6.92 Å². The zero-order valence-electron chi connectivity index (χ0n) is 13.3. The molecule has 123 valence electrons. The number of Topliss-reactive ketones (excluding diaryl/α,β-unsaturated/α-hetero) is 1. The summed E-state index contributed by atoms with van der Waals surface area (Å²) in [4.78, 5) is 35.6. The van der Waals surface area contributed by atoms with Crippen LogP contribution in [0.15, 0.2) is 24.3 Å². The van der Waals surface area contributed by atoms with Crippen molar-refractivity contribution in [1.82, 2.24) is 10.6 Å². The molecule has 3 atom stereocenters. The van der Waals surface area contributed by atoms with E-state index >= 15 is 0 Å². The van der Waals surface area contributed by atoms with E-state index in [0.717, 1.165) is 6.42 Å². The van der Waals surface area contributed by atoms with Crippen molar-refractivity contribution < 1.29 is 19.5 Å². The predicted octanol–water partition coefficient (Wildman–Crippen LogP) is 0.909. The molecular formula is C17H21N2O4. The van der Waals surface area contributed by atoms with Crippen molar-refractivity contribution in [2.24, 2.45) is 5.92 Å². The average Bonchev–Trinajstić information content (AvgIpc) is 2.51. The van der Waals surface area contributed by atoms with E-state index in [1.807, 2.05) is 6.92 Å². The van der Waals surface area contributed by atoms with Gasteiger partial charge >= 0.3 is 0 Å². The van der Waals surface area contributed by atoms with Crippen molar-refractivity contribution in [3.05, 3.63) is 35.4 Å². The summed E-state index contributed by atoms with van der Waals surface area (Å²) in [5.74, 6) is -1.37. The summed E-state index contributed by atoms with van der Waals surface area (Å²) in [7, 11) is 0. The molecule has 0 spiro atoms. The molecule has 2 amide bonds. The molecule has 23 heavy (non-hydrogen) atoms. The Morgan fingerprint density at radius 2 is 2.04 bits per heavy atom. The van der Waals surface area contributed by atoms with E-state index in [-0.39, 0.29) is 24.0 Å². The number of β-lactam (4-membered cyclic amide) rings is 1. The summed E-state index contributed by atoms with van der Waals surface area (Å²) in [6.45, 7) is 4.06. The number of nitrogens with zero attached hydrogens (tertiary/aromatic N) is 1. The Kier molecular flexibility index (Phi) is 5.50. The normalized spacial score (nSPS) is 21.1. The number of carbonyl (C=O) groups excluding carboxylic acids is 3. The zero-order chi connectivity index (χ0) is 17.0. The van der Waals surface area contributed by atoms with Crippen molar-refractivity contribution >= 4 is 17.6 Å². The first kappa shape index (κ1) is 17.1. The maximum absolute atomic E-state index is 12.3. The minimum Gasteiger partial charge on any atom is -0.393 e. The van der Waals surface area contributed by atoms with Gasteiger partial charge in [0.1, 0.15) is 0 Å². The van der Waals surface area contributed by atoms with Crippen LogP contribution in [0.25, 0.3) is 0 Å². The van der Waals surface area contributed by atoms with Crippen molar-refractivity contribution in [2.75, 3.05) is 6.54 Å². The standard InChI is InChI=1S/C17H21N2O4/c1-3-7-18-16(22)12-6-4-5-11(8-12)14(21)9-13-15(10(2)20)17(23)19-13/h4-6,8,10,13,15,20H,3,7,9H2,1-2H3,(H,18,22)/t10-,13-,15-/m1/s1. The summed E-state index contributed by atoms with van der Waals surface area (Å²) in [5, 5.41) is 16.1. The lowest BCUT2D eigenvalue weighted by Gasteiger charge is -2.35. The third kappa shape index (κ3) is 3.96. The van der Waals surface area contributed by atoms with Crippen LogP contribution < -0.4 is 10.6 Å². The van der Waals surface area contributed by atoms with Gasteiger partial charge in [-0.05, 0) is 25.5 Å². The van der Waals surface area contributed by atoms with Crippen molar-refractivity contribution in [3.8, 4) is 0 Å². The van der Waals surface area contributed by atoms with Gasteiger partial charge in [0.2, 0.25) is 5.91 Å². The SMILES string of the molecule is CCCNC(=O)c1cccc(C(=O)C[C@H]2[N]C(=O)[C@@H]2[C@@H](C)O)c1. The zero-order valence-corrected chi connectivity index (χ0v) is 13.3. The second-order valence-corrected chi connectivity index (χ2v) is 5.77. The van der Waals surface area contributed by atoms with Gasteiger partial charge in [0.05, 0.1) is 18.1 Å². The Bertz CT molecular complexity index is 612. The second kappa shape index (κ2) is 7.37. The van der Waals surface area contributed by atoms with E-state index in [2.05, 4.69) is 10.6 Å². The number of aliphatic hydroxyl groups is 1. The molecule has 0 unspecified atom stereocenters. The number of hydrogen-bond acceptors (Lipinski definition) is 4. The first-order valence-corrected chi connectivity index (χ1v) is 7.78. The summed E-state index contributed by atoms with van der Waals surface area (Å²) in [6.07, 6.45) is 0.0767. The molecule has 1 heterocycles. The fraction of sp³-hybridized carbons (Fsp3) is 0.471. The number of aliphatic hydroxyl groups excluding tert-OH is 1. The van der Waals surface area contributed by atoms with Crippen LogP contribution in [0.5, 0.6) is 0 Å². The number of hydrogen-bond donors (Lipinski definition) is 2. The van der Waals surface area contributed by atoms with E-state index < -0.39 is 18.1 Å². The average molecular weight is 317 g/mol. The third-order valence-corrected chi connectivity index (χ3v) is 3.89. The van der Waals surface area contributed by atoms with Crippen molar-refractivity contribution in [2.45, 2.75) is 38.8 Å². The van der Waals surface area contributed by atoms with Crippen LogP contribution >= 0.6 is 0 Å². The number of carbonyl (C=O) groups is 3. The van der Waals surface area contributed by atoms with Crippen LogP contribution in [0.3, 0.4) is 0 Å². The topological polar surface area (TPSA) is 97.6 Å². The fourth-order valence-corrected chi connectivity index (χ4v) is 2.59. The number of nitrogens with one attached hydrogen (secondary N) is 1. The molecule has 1 fully saturated rings. The number of benzene rings is 1. The van der Waals surface area contributed by atoms with Gasteiger partial charge in [-0.3, -0.25) is 14.4 Å². The summed E-state index contributed by atoms with van der Waals surface area (Å²) in [5.41, 5.74) is 0.839. The molecule has 1 radical (unpaired) electrons. The van der Waals surface area contributed by atoms with Crippen LogP contribution in [0.4, 0.5) is 0 Å². The number of amides is 2. The molecule has 1 aromatic carbocycles. The Labute approximate surface area is 135 Å². The molecule has 2 rings (SSSR count). The largest absolute Gasteiger partial charge is 0.393 e. The van der Waals surface area contributed by atoms with Gasteiger partial charge in [-0.1, -0.05) is 19.1 Å². The lowest BCUT2D eigenvalue weighted by atomic mass is 9.82. The van der Waals surface area contributed by atoms with Crippen LogP contribution in [-0.4, -0.2) is 41.4 Å². The van der Waals surface area contributed by atoms with Crippen LogP contribution in [-0.2, 0) is 4.79 Å². The summed E-state index contributed by atoms with van der Waals surface area (Å²) in [6, 6.07) is 6.01. The number of ketones is 1. The summed E-state index contributed by atoms with van der Waals surface area (Å²) < 4.78 is 0. The lowest BCUT2D eigenvalue weighted by molar-refractivity contribution is -0.140. The van der Waals surface area contributed by atoms with Crippen molar-refractivity contribution in [3.63, 3.8) is 0 Å². The second-order valence-electron chi connectivity index (χ2n) is 5.77. The molecular weight excluding hydrogens is 296 g/mol. The Balaban J connectivity index is 2.03. The molecule has 0 aliphatic carbocycles. The molecule has 6 nitrogen and oxygen atoms in total. The number of rotatable bonds is 7. The highest BCUT2D eigenvalue weighted by atomic mass is 16.3. The minimum atomic E-state index is -0.816. The quantitative estimate of drug-likeness (QED) is 0.577. The third-order valence-electron chi connectivity index (χ3n) is 3.89. The van der Waals surface area contributed by atoms with Gasteiger partial charge in [-0.15, -0.1) is 0 Å². The first-order valence-electron chi connectivity index (χ1n) is 7.78. The highest BCUT2D eigenvalue weighted by Crippen LogP contribution is 2.25. The van der Waals surface area contributed by atoms with E-state index in [4.69, 9.17) is 0 Å². The van der Waals surface area contributed by atoms with Gasteiger partial charge in [-0.2, -0.15) is 0 Å². The van der Waals surface area contributed by atoms with E-state index in [0.29, 0.717) is 17.7 Å². The maximum atomic E-state index is 12.3. The Morgan fingerprint density at radius 1 is 1.35 bits per heavy atom. The van der Waals surface area contributed by atoms with Gasteiger partial charge in [0.25, 0.3) is 5.91 Å². The molecule has 0 bridgehead atoms. The van der Waals surface area contributed by atoms with Crippen LogP contribution in [0, 0.1) is 5.92 Å². The summed E-state index contributed by atoms with van der Waals surface area (Å²) >= 11 is 0. The fourth-order valence-electron chi connectivity index (χ4n) is 2.59. The molecule has 0 saturated carbocycles. The predicted molar refractivity (Wildman–Crippen MR) is 84.1 cm³/mol. The van der Waals surface area contributed by atoms with Crippen LogP contribution in [0.1, 0.15) is 47.4 Å². The molecule has 0 aromatic heterocycles. The monoisotopic (exact) mass is 317 g/mol. The Morgan fingerprint density at radius 3 is 2.65 bits per heavy atom. The molecule has 1 saturated heterocycles. The molecule has 1 aromatic rings. The van der Waals surface area contributed by atoms with Gasteiger partial charge in [0, 0.05) is 24.1 Å². The van der Waals surface area contributed by atoms with Gasteiger partial charge < -0.3 is 10.4 Å². The molecule has 1 aliphatic rings. The highest BCUT2D eigenvalue weighted by molar-refractivity contribution is 6.01. The smallest absolute Gasteiger partial charge is 0.251 e. The van der Waals surface area contributed by atoms with Gasteiger partial charge in [-0.25, -0.2) is 5.32 Å². The van der Waals surface area contributed by atoms with E-state index in [9.17, 15) is 19.5 Å². The molecule has 1 aliphatic heterocycles. The minimum absolute atomic E-state index is 0.0569. The van der Waals surface area contributed by atoms with Gasteiger partial charge in [0.15, 0.2) is 5.78 Å².